The topological polar surface area (TPSA) is 31.1 Å². The molecule has 3 heterocycles. The number of nitrogens with one attached hydrogen (secondary N) is 2. The number of hydrogen-bond donors (Lipinski definition) is 2. The number of nitrogens with zero attached hydrogens (tertiary/aromatic N) is 1. The van der Waals surface area contributed by atoms with Gasteiger partial charge in [0.2, 0.25) is 0 Å². The summed E-state index contributed by atoms with van der Waals surface area (Å²) in [6, 6.07) is 5.84. The summed E-state index contributed by atoms with van der Waals surface area (Å²) >= 11 is 0. The summed E-state index contributed by atoms with van der Waals surface area (Å²) < 4.78 is 13.3. The second-order valence-electron chi connectivity index (χ2n) is 7.13. The number of hydrogen-bond acceptors (Lipinski definition) is 2. The largest absolute Gasteiger partial charge is 0.361 e. The van der Waals surface area contributed by atoms with Crippen molar-refractivity contribution in [3.05, 3.63) is 35.8 Å². The standard InChI is InChI=1S/C19H26FN3/c20-15-3-4-17-18(13-22-19(17)12-15)14-5-9-23(10-6-14)11-7-16-2-1-8-21-16/h3-4,12-14,16,21-22H,1-2,5-11H2/t16-/m0/s1. The van der Waals surface area contributed by atoms with E-state index >= 15 is 0 Å². The highest BCUT2D eigenvalue weighted by Gasteiger charge is 2.23. The van der Waals surface area contributed by atoms with Gasteiger partial charge >= 0.3 is 0 Å². The second-order valence-corrected chi connectivity index (χ2v) is 7.13. The summed E-state index contributed by atoms with van der Waals surface area (Å²) in [5, 5.41) is 4.79. The molecule has 2 aliphatic heterocycles. The highest BCUT2D eigenvalue weighted by atomic mass is 19.1. The highest BCUT2D eigenvalue weighted by molar-refractivity contribution is 5.83. The van der Waals surface area contributed by atoms with Gasteiger partial charge < -0.3 is 15.2 Å². The van der Waals surface area contributed by atoms with Crippen LogP contribution in [0.3, 0.4) is 0 Å². The minimum absolute atomic E-state index is 0.166. The molecular formula is C19H26FN3. The van der Waals surface area contributed by atoms with Crippen molar-refractivity contribution in [2.75, 3.05) is 26.2 Å². The molecule has 1 aromatic carbocycles. The third-order valence-corrected chi connectivity index (χ3v) is 5.66. The lowest BCUT2D eigenvalue weighted by atomic mass is 9.89. The van der Waals surface area contributed by atoms with E-state index in [1.807, 2.05) is 6.07 Å². The zero-order valence-electron chi connectivity index (χ0n) is 13.7. The van der Waals surface area contributed by atoms with Gasteiger partial charge in [-0.3, -0.25) is 0 Å². The lowest BCUT2D eigenvalue weighted by molar-refractivity contribution is 0.204. The van der Waals surface area contributed by atoms with E-state index in [0.717, 1.165) is 11.6 Å². The first kappa shape index (κ1) is 15.2. The van der Waals surface area contributed by atoms with E-state index in [1.54, 1.807) is 12.1 Å². The van der Waals surface area contributed by atoms with Gasteiger partial charge in [-0.05, 0) is 88.0 Å². The van der Waals surface area contributed by atoms with Crippen LogP contribution in [0.2, 0.25) is 0 Å². The monoisotopic (exact) mass is 315 g/mol. The molecule has 0 unspecified atom stereocenters. The van der Waals surface area contributed by atoms with Gasteiger partial charge in [0.05, 0.1) is 0 Å². The number of benzene rings is 1. The number of fused-ring (bicyclic) bond motifs is 1. The Balaban J connectivity index is 1.35. The predicted octanol–water partition coefficient (Wildman–Crippen LogP) is 3.63. The molecule has 0 radical (unpaired) electrons. The van der Waals surface area contributed by atoms with Crippen LogP contribution in [0.25, 0.3) is 10.9 Å². The van der Waals surface area contributed by atoms with E-state index in [9.17, 15) is 4.39 Å². The Hall–Kier alpha value is -1.39. The molecule has 1 atom stereocenters. The number of H-pyrrole nitrogens is 1. The third-order valence-electron chi connectivity index (χ3n) is 5.66. The van der Waals surface area contributed by atoms with Gasteiger partial charge in [-0.25, -0.2) is 4.39 Å². The first-order chi connectivity index (χ1) is 11.3. The smallest absolute Gasteiger partial charge is 0.125 e. The van der Waals surface area contributed by atoms with Crippen LogP contribution >= 0.6 is 0 Å². The van der Waals surface area contributed by atoms with E-state index in [-0.39, 0.29) is 5.82 Å². The normalized spacial score (nSPS) is 23.8. The zero-order chi connectivity index (χ0) is 15.6. The van der Waals surface area contributed by atoms with Crippen molar-refractivity contribution >= 4 is 10.9 Å². The third kappa shape index (κ3) is 3.29. The Labute approximate surface area is 137 Å². The molecule has 0 spiro atoms. The molecule has 23 heavy (non-hydrogen) atoms. The minimum atomic E-state index is -0.166. The molecular weight excluding hydrogens is 289 g/mol. The summed E-state index contributed by atoms with van der Waals surface area (Å²) in [6.07, 6.45) is 8.49. The van der Waals surface area contributed by atoms with Crippen LogP contribution in [0.1, 0.15) is 43.6 Å². The molecule has 0 bridgehead atoms. The van der Waals surface area contributed by atoms with E-state index in [4.69, 9.17) is 0 Å². The minimum Gasteiger partial charge on any atom is -0.361 e. The van der Waals surface area contributed by atoms with Crippen LogP contribution < -0.4 is 5.32 Å². The summed E-state index contributed by atoms with van der Waals surface area (Å²) in [5.41, 5.74) is 2.30. The fraction of sp³-hybridized carbons (Fsp3) is 0.579. The van der Waals surface area contributed by atoms with E-state index in [1.165, 1.54) is 69.2 Å². The number of aromatic nitrogens is 1. The lowest BCUT2D eigenvalue weighted by Gasteiger charge is -2.32. The Morgan fingerprint density at radius 1 is 1.17 bits per heavy atom. The molecule has 2 fully saturated rings. The fourth-order valence-corrected chi connectivity index (χ4v) is 4.27. The molecule has 1 aromatic heterocycles. The van der Waals surface area contributed by atoms with Crippen molar-refractivity contribution < 1.29 is 4.39 Å². The average Bonchev–Trinajstić information content (AvgIpc) is 3.22. The van der Waals surface area contributed by atoms with Crippen LogP contribution in [-0.2, 0) is 0 Å². The molecule has 0 aliphatic carbocycles. The van der Waals surface area contributed by atoms with Crippen molar-refractivity contribution in [2.24, 2.45) is 0 Å². The van der Waals surface area contributed by atoms with Gasteiger partial charge in [0.1, 0.15) is 5.82 Å². The molecule has 3 nitrogen and oxygen atoms in total. The molecule has 2 N–H and O–H groups in total. The van der Waals surface area contributed by atoms with Gasteiger partial charge in [0.15, 0.2) is 0 Å². The van der Waals surface area contributed by atoms with Crippen LogP contribution in [0, 0.1) is 5.82 Å². The van der Waals surface area contributed by atoms with Crippen molar-refractivity contribution in [3.63, 3.8) is 0 Å². The number of halogens is 1. The van der Waals surface area contributed by atoms with Gasteiger partial charge in [0, 0.05) is 23.1 Å². The molecule has 4 rings (SSSR count). The molecule has 2 saturated heterocycles. The van der Waals surface area contributed by atoms with Crippen LogP contribution in [0.15, 0.2) is 24.4 Å². The highest BCUT2D eigenvalue weighted by Crippen LogP contribution is 2.33. The SMILES string of the molecule is Fc1ccc2c(C3CCN(CC[C@@H]4CCCN4)CC3)c[nH]c2c1. The predicted molar refractivity (Wildman–Crippen MR) is 92.3 cm³/mol. The maximum Gasteiger partial charge on any atom is 0.125 e. The zero-order valence-corrected chi connectivity index (χ0v) is 13.7. The van der Waals surface area contributed by atoms with Crippen molar-refractivity contribution in [1.29, 1.82) is 0 Å². The summed E-state index contributed by atoms with van der Waals surface area (Å²) in [7, 11) is 0. The van der Waals surface area contributed by atoms with E-state index in [0.29, 0.717) is 5.92 Å². The summed E-state index contributed by atoms with van der Waals surface area (Å²) in [5.74, 6) is 0.441. The maximum atomic E-state index is 13.3. The summed E-state index contributed by atoms with van der Waals surface area (Å²) in [4.78, 5) is 5.85. The second kappa shape index (κ2) is 6.62. The van der Waals surface area contributed by atoms with Crippen molar-refractivity contribution in [1.82, 2.24) is 15.2 Å². The van der Waals surface area contributed by atoms with E-state index < -0.39 is 0 Å². The number of aromatic amines is 1. The number of rotatable bonds is 4. The summed E-state index contributed by atoms with van der Waals surface area (Å²) in [6.45, 7) is 4.80. The van der Waals surface area contributed by atoms with Crippen molar-refractivity contribution in [2.45, 2.75) is 44.1 Å². The molecule has 0 saturated carbocycles. The van der Waals surface area contributed by atoms with Gasteiger partial charge in [-0.1, -0.05) is 0 Å². The van der Waals surface area contributed by atoms with Crippen LogP contribution in [-0.4, -0.2) is 42.1 Å². The van der Waals surface area contributed by atoms with Gasteiger partial charge in [-0.15, -0.1) is 0 Å². The number of likely N-dealkylation sites (tertiary alicyclic amines) is 1. The van der Waals surface area contributed by atoms with E-state index in [2.05, 4.69) is 21.4 Å². The molecule has 2 aromatic rings. The van der Waals surface area contributed by atoms with Gasteiger partial charge in [0.25, 0.3) is 0 Å². The molecule has 0 amide bonds. The first-order valence-electron chi connectivity index (χ1n) is 9.02. The average molecular weight is 315 g/mol. The van der Waals surface area contributed by atoms with Crippen LogP contribution in [0.5, 0.6) is 0 Å². The lowest BCUT2D eigenvalue weighted by Crippen LogP contribution is -2.36. The Morgan fingerprint density at radius 2 is 2.04 bits per heavy atom. The van der Waals surface area contributed by atoms with Crippen LogP contribution in [0.4, 0.5) is 4.39 Å². The quantitative estimate of drug-likeness (QED) is 0.903. The van der Waals surface area contributed by atoms with Gasteiger partial charge in [-0.2, -0.15) is 0 Å². The Bertz CT molecular complexity index is 652. The maximum absolute atomic E-state index is 13.3. The molecule has 124 valence electrons. The Morgan fingerprint density at radius 3 is 2.83 bits per heavy atom. The first-order valence-corrected chi connectivity index (χ1v) is 9.02. The number of piperidine rings is 1. The Kier molecular flexibility index (Phi) is 4.36. The fourth-order valence-electron chi connectivity index (χ4n) is 4.27. The van der Waals surface area contributed by atoms with Crippen molar-refractivity contribution in [3.8, 4) is 0 Å². The molecule has 2 aliphatic rings. The molecule has 4 heteroatoms.